The molecule has 0 bridgehead atoms. The summed E-state index contributed by atoms with van der Waals surface area (Å²) in [7, 11) is 0. The van der Waals surface area contributed by atoms with Gasteiger partial charge in [-0.15, -0.1) is 11.3 Å². The van der Waals surface area contributed by atoms with E-state index in [-0.39, 0.29) is 5.91 Å². The molecule has 1 saturated carbocycles. The van der Waals surface area contributed by atoms with Crippen molar-refractivity contribution in [1.29, 1.82) is 0 Å². The van der Waals surface area contributed by atoms with Gasteiger partial charge in [0, 0.05) is 18.5 Å². The van der Waals surface area contributed by atoms with Gasteiger partial charge in [0.15, 0.2) is 5.01 Å². The number of fused-ring (bicyclic) bond motifs is 1. The van der Waals surface area contributed by atoms with E-state index >= 15 is 0 Å². The van der Waals surface area contributed by atoms with E-state index < -0.39 is 6.10 Å². The lowest BCUT2D eigenvalue weighted by atomic mass is 10.1. The summed E-state index contributed by atoms with van der Waals surface area (Å²) in [6, 6.07) is 1.97. The average Bonchev–Trinajstić information content (AvgIpc) is 3.24. The second-order valence-corrected chi connectivity index (χ2v) is 8.24. The molecule has 1 amide bonds. The van der Waals surface area contributed by atoms with Crippen molar-refractivity contribution >= 4 is 17.2 Å². The highest BCUT2D eigenvalue weighted by molar-refractivity contribution is 7.11. The minimum Gasteiger partial charge on any atom is -0.386 e. The number of hydrogen-bond donors (Lipinski definition) is 1. The normalized spacial score (nSPS) is 19.0. The molecule has 0 unspecified atom stereocenters. The molecule has 3 heterocycles. The number of amides is 1. The fraction of sp³-hybridized carbons (Fsp3) is 0.611. The minimum atomic E-state index is -0.462. The summed E-state index contributed by atoms with van der Waals surface area (Å²) in [5.41, 5.74) is 2.73. The summed E-state index contributed by atoms with van der Waals surface area (Å²) in [5.74, 6) is 0.687. The molecule has 4 rings (SSSR count). The van der Waals surface area contributed by atoms with Crippen molar-refractivity contribution in [2.75, 3.05) is 6.54 Å². The predicted octanol–water partition coefficient (Wildman–Crippen LogP) is 2.95. The van der Waals surface area contributed by atoms with Gasteiger partial charge >= 0.3 is 0 Å². The van der Waals surface area contributed by atoms with E-state index in [1.54, 1.807) is 0 Å². The quantitative estimate of drug-likeness (QED) is 0.910. The Balaban J connectivity index is 1.52. The zero-order chi connectivity index (χ0) is 17.6. The Morgan fingerprint density at radius 2 is 2.12 bits per heavy atom. The van der Waals surface area contributed by atoms with Crippen LogP contribution in [-0.2, 0) is 13.1 Å². The molecular weight excluding hydrogens is 336 g/mol. The van der Waals surface area contributed by atoms with Gasteiger partial charge in [0.1, 0.15) is 6.10 Å². The fourth-order valence-electron chi connectivity index (χ4n) is 3.24. The van der Waals surface area contributed by atoms with Gasteiger partial charge in [-0.05, 0) is 37.2 Å². The first-order valence-corrected chi connectivity index (χ1v) is 9.90. The van der Waals surface area contributed by atoms with E-state index in [1.165, 1.54) is 11.3 Å². The largest absolute Gasteiger partial charge is 0.386 e. The van der Waals surface area contributed by atoms with Gasteiger partial charge in [0.05, 0.1) is 23.6 Å². The standard InChI is InChI=1S/C18H24N4O2S/c1-11(2)15-10-25-17(19-15)18(24)21-6-3-7-22-13(9-21)8-14(20-22)16(23)12-4-5-12/h8,10-12,16,23H,3-7,9H2,1-2H3/t16-/m0/s1. The van der Waals surface area contributed by atoms with Crippen molar-refractivity contribution < 1.29 is 9.90 Å². The van der Waals surface area contributed by atoms with E-state index in [4.69, 9.17) is 0 Å². The number of rotatable bonds is 4. The lowest BCUT2D eigenvalue weighted by Crippen LogP contribution is -2.30. The van der Waals surface area contributed by atoms with Gasteiger partial charge in [-0.1, -0.05) is 13.8 Å². The van der Waals surface area contributed by atoms with Gasteiger partial charge < -0.3 is 10.0 Å². The van der Waals surface area contributed by atoms with Crippen LogP contribution < -0.4 is 0 Å². The van der Waals surface area contributed by atoms with Crippen molar-refractivity contribution in [3.8, 4) is 0 Å². The number of carbonyl (C=O) groups is 1. The Morgan fingerprint density at radius 3 is 2.80 bits per heavy atom. The number of aliphatic hydroxyl groups is 1. The van der Waals surface area contributed by atoms with Gasteiger partial charge in [0.25, 0.3) is 5.91 Å². The molecule has 6 nitrogen and oxygen atoms in total. The molecule has 25 heavy (non-hydrogen) atoms. The van der Waals surface area contributed by atoms with Gasteiger partial charge in [0.2, 0.25) is 0 Å². The number of thiazole rings is 1. The first kappa shape index (κ1) is 16.7. The first-order chi connectivity index (χ1) is 12.0. The maximum absolute atomic E-state index is 12.9. The molecule has 2 aromatic rings. The topological polar surface area (TPSA) is 71.2 Å². The van der Waals surface area contributed by atoms with Crippen LogP contribution in [0.4, 0.5) is 0 Å². The van der Waals surface area contributed by atoms with Gasteiger partial charge in [-0.25, -0.2) is 4.98 Å². The molecule has 1 atom stereocenters. The molecule has 2 aliphatic rings. The zero-order valence-electron chi connectivity index (χ0n) is 14.7. The molecular formula is C18H24N4O2S. The van der Waals surface area contributed by atoms with Crippen LogP contribution in [0.5, 0.6) is 0 Å². The van der Waals surface area contributed by atoms with E-state index in [2.05, 4.69) is 23.9 Å². The zero-order valence-corrected chi connectivity index (χ0v) is 15.5. The molecule has 1 aliphatic carbocycles. The first-order valence-electron chi connectivity index (χ1n) is 9.02. The Kier molecular flexibility index (Phi) is 4.37. The molecule has 1 aliphatic heterocycles. The molecule has 7 heteroatoms. The lowest BCUT2D eigenvalue weighted by molar-refractivity contribution is 0.0745. The summed E-state index contributed by atoms with van der Waals surface area (Å²) in [5, 5.41) is 17.4. The van der Waals surface area contributed by atoms with Gasteiger partial charge in [-0.3, -0.25) is 9.48 Å². The van der Waals surface area contributed by atoms with E-state index in [9.17, 15) is 9.90 Å². The monoisotopic (exact) mass is 360 g/mol. The van der Waals surface area contributed by atoms with Crippen LogP contribution in [0.25, 0.3) is 0 Å². The van der Waals surface area contributed by atoms with E-state index in [0.29, 0.717) is 29.9 Å². The highest BCUT2D eigenvalue weighted by Gasteiger charge is 2.33. The second kappa shape index (κ2) is 6.53. The Bertz CT molecular complexity index is 778. The van der Waals surface area contributed by atoms with Crippen LogP contribution in [0.3, 0.4) is 0 Å². The Morgan fingerprint density at radius 1 is 1.32 bits per heavy atom. The third-order valence-corrected chi connectivity index (χ3v) is 5.84. The number of aromatic nitrogens is 3. The maximum atomic E-state index is 12.9. The third kappa shape index (κ3) is 3.35. The fourth-order valence-corrected chi connectivity index (χ4v) is 4.19. The van der Waals surface area contributed by atoms with Crippen LogP contribution in [0.15, 0.2) is 11.4 Å². The van der Waals surface area contributed by atoms with E-state index in [0.717, 1.165) is 42.9 Å². The van der Waals surface area contributed by atoms with Crippen LogP contribution in [0.1, 0.15) is 72.0 Å². The highest BCUT2D eigenvalue weighted by atomic mass is 32.1. The number of aryl methyl sites for hydroxylation is 1. The average molecular weight is 360 g/mol. The highest BCUT2D eigenvalue weighted by Crippen LogP contribution is 2.40. The van der Waals surface area contributed by atoms with Crippen LogP contribution in [0.2, 0.25) is 0 Å². The van der Waals surface area contributed by atoms with Crippen molar-refractivity contribution in [3.63, 3.8) is 0 Å². The summed E-state index contributed by atoms with van der Waals surface area (Å²) >= 11 is 1.43. The molecule has 134 valence electrons. The lowest BCUT2D eigenvalue weighted by Gasteiger charge is -2.18. The van der Waals surface area contributed by atoms with Crippen LogP contribution in [-0.4, -0.2) is 37.2 Å². The Hall–Kier alpha value is -1.73. The van der Waals surface area contributed by atoms with Crippen LogP contribution in [0, 0.1) is 5.92 Å². The SMILES string of the molecule is CC(C)c1csc(C(=O)N2CCCn3nc([C@@H](O)C4CC4)cc3C2)n1. The summed E-state index contributed by atoms with van der Waals surface area (Å²) in [4.78, 5) is 19.2. The maximum Gasteiger partial charge on any atom is 0.283 e. The molecule has 0 aromatic carbocycles. The molecule has 2 aromatic heterocycles. The van der Waals surface area contributed by atoms with Crippen molar-refractivity contribution in [1.82, 2.24) is 19.7 Å². The third-order valence-electron chi connectivity index (χ3n) is 4.99. The van der Waals surface area contributed by atoms with Gasteiger partial charge in [-0.2, -0.15) is 5.10 Å². The number of carbonyl (C=O) groups excluding carboxylic acids is 1. The molecule has 0 saturated heterocycles. The van der Waals surface area contributed by atoms with Crippen LogP contribution >= 0.6 is 11.3 Å². The molecule has 1 N–H and O–H groups in total. The summed E-state index contributed by atoms with van der Waals surface area (Å²) < 4.78 is 1.95. The van der Waals surface area contributed by atoms with E-state index in [1.807, 2.05) is 21.0 Å². The summed E-state index contributed by atoms with van der Waals surface area (Å²) in [6.45, 7) is 6.19. The number of nitrogens with zero attached hydrogens (tertiary/aromatic N) is 4. The van der Waals surface area contributed by atoms with Crippen molar-refractivity contribution in [3.05, 3.63) is 33.5 Å². The van der Waals surface area contributed by atoms with Crippen molar-refractivity contribution in [2.45, 2.75) is 58.2 Å². The Labute approximate surface area is 151 Å². The number of aliphatic hydroxyl groups excluding tert-OH is 1. The smallest absolute Gasteiger partial charge is 0.283 e. The molecule has 1 fully saturated rings. The molecule has 0 radical (unpaired) electrons. The predicted molar refractivity (Wildman–Crippen MR) is 95.5 cm³/mol. The molecule has 0 spiro atoms. The number of hydrogen-bond acceptors (Lipinski definition) is 5. The minimum absolute atomic E-state index is 0.00385. The summed E-state index contributed by atoms with van der Waals surface area (Å²) in [6.07, 6.45) is 2.56. The second-order valence-electron chi connectivity index (χ2n) is 7.38. The van der Waals surface area contributed by atoms with Crippen molar-refractivity contribution in [2.24, 2.45) is 5.92 Å².